The van der Waals surface area contributed by atoms with Crippen LogP contribution in [0.5, 0.6) is 0 Å². The van der Waals surface area contributed by atoms with Gasteiger partial charge in [-0.15, -0.1) is 0 Å². The number of nitrogens with one attached hydrogen (secondary N) is 3. The van der Waals surface area contributed by atoms with Crippen LogP contribution in [0.1, 0.15) is 0 Å². The molecule has 4 heterocycles. The molecule has 0 aliphatic carbocycles. The highest BCUT2D eigenvalue weighted by Crippen LogP contribution is 2.28. The van der Waals surface area contributed by atoms with E-state index in [0.717, 1.165) is 47.3 Å². The Hall–Kier alpha value is -2.64. The van der Waals surface area contributed by atoms with Crippen molar-refractivity contribution in [1.82, 2.24) is 4.98 Å². The molecule has 4 aromatic rings. The Morgan fingerprint density at radius 3 is 1.97 bits per heavy atom. The first-order chi connectivity index (χ1) is 17.6. The lowest BCUT2D eigenvalue weighted by atomic mass is 10.1. The maximum atomic E-state index is 6.19. The summed E-state index contributed by atoms with van der Waals surface area (Å²) in [5.74, 6) is 0. The van der Waals surface area contributed by atoms with Gasteiger partial charge in [0, 0.05) is 39.4 Å². The molecule has 0 atom stereocenters. The molecule has 2 aliphatic heterocycles. The van der Waals surface area contributed by atoms with Crippen molar-refractivity contribution in [3.63, 3.8) is 0 Å². The molecule has 0 saturated carbocycles. The number of quaternary nitrogens is 2. The van der Waals surface area contributed by atoms with Gasteiger partial charge < -0.3 is 19.6 Å². The highest BCUT2D eigenvalue weighted by molar-refractivity contribution is 6.31. The van der Waals surface area contributed by atoms with E-state index in [1.165, 1.54) is 61.4 Å². The Labute approximate surface area is 222 Å². The zero-order chi connectivity index (χ0) is 24.5. The maximum Gasteiger partial charge on any atom is 0.214 e. The predicted molar refractivity (Wildman–Crippen MR) is 148 cm³/mol. The zero-order valence-electron chi connectivity index (χ0n) is 20.4. The fourth-order valence-corrected chi connectivity index (χ4v) is 6.14. The number of anilines is 2. The average molecular weight is 525 g/mol. The molecule has 2 fully saturated rings. The van der Waals surface area contributed by atoms with Crippen LogP contribution in [0.15, 0.2) is 60.9 Å². The van der Waals surface area contributed by atoms with Gasteiger partial charge in [-0.1, -0.05) is 23.2 Å². The molecule has 0 radical (unpaired) electrons. The molecule has 6 nitrogen and oxygen atoms in total. The zero-order valence-corrected chi connectivity index (χ0v) is 22.0. The van der Waals surface area contributed by atoms with Crippen LogP contribution < -0.4 is 24.6 Å². The number of benzene rings is 2. The summed E-state index contributed by atoms with van der Waals surface area (Å²) in [5.41, 5.74) is 4.67. The van der Waals surface area contributed by atoms with E-state index in [1.54, 1.807) is 9.80 Å². The van der Waals surface area contributed by atoms with Crippen LogP contribution in [-0.4, -0.2) is 70.4 Å². The van der Waals surface area contributed by atoms with E-state index >= 15 is 0 Å². The normalized spacial score (nSPS) is 17.8. The first kappa shape index (κ1) is 23.7. The molecule has 2 saturated heterocycles. The monoisotopic (exact) mass is 523 g/mol. The van der Waals surface area contributed by atoms with Gasteiger partial charge in [-0.05, 0) is 36.4 Å². The highest BCUT2D eigenvalue weighted by atomic mass is 35.5. The summed E-state index contributed by atoms with van der Waals surface area (Å²) in [4.78, 5) is 16.3. The molecular weight excluding hydrogens is 491 g/mol. The van der Waals surface area contributed by atoms with Gasteiger partial charge in [0.1, 0.15) is 13.1 Å². The molecular formula is C28H33Cl2N6+3. The number of pyridine rings is 2. The topological polar surface area (TPSA) is 42.4 Å². The van der Waals surface area contributed by atoms with Gasteiger partial charge in [-0.3, -0.25) is 4.98 Å². The summed E-state index contributed by atoms with van der Waals surface area (Å²) in [6.07, 6.45) is 3.93. The van der Waals surface area contributed by atoms with Gasteiger partial charge in [0.15, 0.2) is 6.20 Å². The second kappa shape index (κ2) is 10.4. The number of aromatic nitrogens is 2. The van der Waals surface area contributed by atoms with Gasteiger partial charge >= 0.3 is 0 Å². The Bertz CT molecular complexity index is 1260. The molecule has 6 rings (SSSR count). The lowest BCUT2D eigenvalue weighted by Gasteiger charge is -2.36. The van der Waals surface area contributed by atoms with Gasteiger partial charge in [0.05, 0.1) is 68.9 Å². The molecule has 0 bridgehead atoms. The molecule has 0 unspecified atom stereocenters. The third kappa shape index (κ3) is 4.96. The van der Waals surface area contributed by atoms with Crippen LogP contribution in [-0.2, 0) is 0 Å². The number of H-pyrrole nitrogens is 1. The van der Waals surface area contributed by atoms with Crippen molar-refractivity contribution in [3.8, 4) is 0 Å². The minimum Gasteiger partial charge on any atom is -0.360 e. The lowest BCUT2D eigenvalue weighted by Crippen LogP contribution is -3.22. The Morgan fingerprint density at radius 2 is 1.31 bits per heavy atom. The summed E-state index contributed by atoms with van der Waals surface area (Å²) in [7, 11) is 0. The first-order valence-electron chi connectivity index (χ1n) is 13.0. The number of nitrogens with zero attached hydrogens (tertiary/aromatic N) is 3. The lowest BCUT2D eigenvalue weighted by molar-refractivity contribution is -0.958. The minimum atomic E-state index is 0.741. The summed E-state index contributed by atoms with van der Waals surface area (Å²) in [6, 6.07) is 16.5. The van der Waals surface area contributed by atoms with Crippen LogP contribution in [0.4, 0.5) is 11.4 Å². The van der Waals surface area contributed by atoms with E-state index < -0.39 is 0 Å². The second-order valence-corrected chi connectivity index (χ2v) is 10.9. The standard InChI is InChI=1S/C28H30Cl2N6/c29-21-1-3-23-25(19-21)31-7-5-27(23)35-15-11-33(12-16-35)9-10-34-13-17-36(18-14-34)28-6-8-32-26-20-22(30)2-4-24(26)28/h1-8,19-20H,9-18H2/p+3. The summed E-state index contributed by atoms with van der Waals surface area (Å²) >= 11 is 12.4. The van der Waals surface area contributed by atoms with E-state index in [2.05, 4.69) is 44.0 Å². The SMILES string of the molecule is Clc1ccc2c(N3CC[NH+](CC[NH+]4CCN(c5cc[nH+]c6cc(Cl)ccc56)CC4)CC3)ccnc2c1. The molecule has 0 spiro atoms. The first-order valence-corrected chi connectivity index (χ1v) is 13.7. The summed E-state index contributed by atoms with van der Waals surface area (Å²) in [6.45, 7) is 11.6. The van der Waals surface area contributed by atoms with E-state index in [-0.39, 0.29) is 0 Å². The Balaban J connectivity index is 1.00. The number of hydrogen-bond acceptors (Lipinski definition) is 3. The van der Waals surface area contributed by atoms with Crippen molar-refractivity contribution in [3.05, 3.63) is 71.0 Å². The fraction of sp³-hybridized carbons (Fsp3) is 0.357. The molecule has 36 heavy (non-hydrogen) atoms. The van der Waals surface area contributed by atoms with Gasteiger partial charge in [-0.2, -0.15) is 0 Å². The number of rotatable bonds is 5. The molecule has 8 heteroatoms. The second-order valence-electron chi connectivity index (χ2n) is 10.0. The number of fused-ring (bicyclic) bond motifs is 2. The Morgan fingerprint density at radius 1 is 0.722 bits per heavy atom. The molecule has 0 amide bonds. The molecule has 3 N–H and O–H groups in total. The van der Waals surface area contributed by atoms with E-state index in [4.69, 9.17) is 23.2 Å². The minimum absolute atomic E-state index is 0.741. The number of piperazine rings is 2. The fourth-order valence-electron chi connectivity index (χ4n) is 5.80. The number of halogens is 2. The third-order valence-electron chi connectivity index (χ3n) is 7.87. The molecule has 2 aromatic carbocycles. The van der Waals surface area contributed by atoms with E-state index in [9.17, 15) is 0 Å². The van der Waals surface area contributed by atoms with Gasteiger partial charge in [0.2, 0.25) is 5.52 Å². The number of hydrogen-bond donors (Lipinski definition) is 2. The average Bonchev–Trinajstić information content (AvgIpc) is 2.91. The molecule has 2 aliphatic rings. The van der Waals surface area contributed by atoms with Crippen LogP contribution in [0.3, 0.4) is 0 Å². The van der Waals surface area contributed by atoms with Crippen LogP contribution >= 0.6 is 23.2 Å². The number of aromatic amines is 1. The van der Waals surface area contributed by atoms with Crippen molar-refractivity contribution in [2.45, 2.75) is 0 Å². The van der Waals surface area contributed by atoms with Crippen LogP contribution in [0.2, 0.25) is 10.0 Å². The predicted octanol–water partition coefficient (Wildman–Crippen LogP) is 1.62. The maximum absolute atomic E-state index is 6.19. The summed E-state index contributed by atoms with van der Waals surface area (Å²) < 4.78 is 0. The van der Waals surface area contributed by atoms with Crippen LogP contribution in [0, 0.1) is 0 Å². The Kier molecular flexibility index (Phi) is 6.85. The van der Waals surface area contributed by atoms with E-state index in [0.29, 0.717) is 0 Å². The largest absolute Gasteiger partial charge is 0.360 e. The van der Waals surface area contributed by atoms with Gasteiger partial charge in [0.25, 0.3) is 0 Å². The van der Waals surface area contributed by atoms with Crippen molar-refractivity contribution in [2.75, 3.05) is 75.2 Å². The molecule has 2 aromatic heterocycles. The quantitative estimate of drug-likeness (QED) is 0.417. The van der Waals surface area contributed by atoms with Crippen molar-refractivity contribution in [2.24, 2.45) is 0 Å². The highest BCUT2D eigenvalue weighted by Gasteiger charge is 2.26. The van der Waals surface area contributed by atoms with Crippen molar-refractivity contribution in [1.29, 1.82) is 0 Å². The third-order valence-corrected chi connectivity index (χ3v) is 8.34. The molecule has 186 valence electrons. The van der Waals surface area contributed by atoms with E-state index in [1.807, 2.05) is 36.7 Å². The van der Waals surface area contributed by atoms with Crippen molar-refractivity contribution < 1.29 is 14.8 Å². The van der Waals surface area contributed by atoms with Gasteiger partial charge in [-0.25, -0.2) is 4.98 Å². The van der Waals surface area contributed by atoms with Crippen LogP contribution in [0.25, 0.3) is 21.8 Å². The smallest absolute Gasteiger partial charge is 0.214 e. The van der Waals surface area contributed by atoms with Crippen molar-refractivity contribution >= 4 is 56.4 Å². The summed E-state index contributed by atoms with van der Waals surface area (Å²) in [5, 5.41) is 3.95.